The molecule has 0 fully saturated rings. The molecule has 1 aromatic heterocycles. The van der Waals surface area contributed by atoms with Crippen LogP contribution in [0.2, 0.25) is 0 Å². The highest BCUT2D eigenvalue weighted by atomic mass is 15.4. The Hall–Kier alpha value is -1.68. The minimum atomic E-state index is 0.626. The molecule has 2 N–H and O–H groups in total. The summed E-state index contributed by atoms with van der Waals surface area (Å²) in [5, 5.41) is 8.06. The highest BCUT2D eigenvalue weighted by Gasteiger charge is 2.04. The minimum Gasteiger partial charge on any atom is -0.330 e. The third-order valence-corrected chi connectivity index (χ3v) is 3.10. The Morgan fingerprint density at radius 3 is 2.47 bits per heavy atom. The Morgan fingerprint density at radius 2 is 1.84 bits per heavy atom. The molecule has 4 heteroatoms. The van der Waals surface area contributed by atoms with E-state index >= 15 is 0 Å². The normalized spacial score (nSPS) is 11.2. The molecule has 4 nitrogen and oxygen atoms in total. The van der Waals surface area contributed by atoms with E-state index in [0.717, 1.165) is 25.1 Å². The fourth-order valence-corrected chi connectivity index (χ4v) is 2.18. The van der Waals surface area contributed by atoms with Gasteiger partial charge < -0.3 is 5.73 Å². The van der Waals surface area contributed by atoms with Crippen LogP contribution in [-0.2, 0) is 19.4 Å². The third-order valence-electron chi connectivity index (χ3n) is 3.10. The summed E-state index contributed by atoms with van der Waals surface area (Å²) in [6.45, 7) is 5.86. The topological polar surface area (TPSA) is 56.7 Å². The molecule has 2 aromatic rings. The monoisotopic (exact) mass is 258 g/mol. The summed E-state index contributed by atoms with van der Waals surface area (Å²) in [7, 11) is 0. The number of hydrogen-bond acceptors (Lipinski definition) is 3. The summed E-state index contributed by atoms with van der Waals surface area (Å²) in [4.78, 5) is 0. The van der Waals surface area contributed by atoms with E-state index in [2.05, 4.69) is 48.4 Å². The van der Waals surface area contributed by atoms with E-state index in [1.807, 2.05) is 4.68 Å². The number of hydrogen-bond donors (Lipinski definition) is 1. The molecule has 102 valence electrons. The van der Waals surface area contributed by atoms with E-state index in [4.69, 9.17) is 5.73 Å². The SMILES string of the molecule is CC(C)Cc1ccc(Cn2nncc2CCN)cc1. The summed E-state index contributed by atoms with van der Waals surface area (Å²) in [5.41, 5.74) is 9.31. The molecule has 0 aliphatic rings. The minimum absolute atomic E-state index is 0.626. The van der Waals surface area contributed by atoms with E-state index < -0.39 is 0 Å². The van der Waals surface area contributed by atoms with Gasteiger partial charge in [0.1, 0.15) is 0 Å². The van der Waals surface area contributed by atoms with Crippen molar-refractivity contribution in [3.63, 3.8) is 0 Å². The lowest BCUT2D eigenvalue weighted by Gasteiger charge is -2.08. The molecule has 0 amide bonds. The average Bonchev–Trinajstić information content (AvgIpc) is 2.79. The van der Waals surface area contributed by atoms with Gasteiger partial charge in [0.25, 0.3) is 0 Å². The van der Waals surface area contributed by atoms with Crippen LogP contribution in [-0.4, -0.2) is 21.5 Å². The second-order valence-electron chi connectivity index (χ2n) is 5.34. The zero-order valence-corrected chi connectivity index (χ0v) is 11.7. The maximum Gasteiger partial charge on any atom is 0.0725 e. The van der Waals surface area contributed by atoms with Gasteiger partial charge in [0.15, 0.2) is 0 Å². The standard InChI is InChI=1S/C15H22N4/c1-12(2)9-13-3-5-14(6-4-13)11-19-15(7-8-16)10-17-18-19/h3-6,10,12H,7-9,11,16H2,1-2H3. The van der Waals surface area contributed by atoms with Crippen LogP contribution in [0.5, 0.6) is 0 Å². The molecular formula is C15H22N4. The molecule has 0 radical (unpaired) electrons. The van der Waals surface area contributed by atoms with Gasteiger partial charge >= 0.3 is 0 Å². The zero-order valence-electron chi connectivity index (χ0n) is 11.7. The summed E-state index contributed by atoms with van der Waals surface area (Å²) in [6, 6.07) is 8.75. The van der Waals surface area contributed by atoms with E-state index in [1.54, 1.807) is 6.20 Å². The molecule has 0 bridgehead atoms. The highest BCUT2D eigenvalue weighted by molar-refractivity contribution is 5.23. The quantitative estimate of drug-likeness (QED) is 0.862. The van der Waals surface area contributed by atoms with Gasteiger partial charge in [0.05, 0.1) is 18.4 Å². The third kappa shape index (κ3) is 3.89. The molecule has 1 aromatic carbocycles. The summed E-state index contributed by atoms with van der Waals surface area (Å²) >= 11 is 0. The van der Waals surface area contributed by atoms with Gasteiger partial charge in [-0.2, -0.15) is 0 Å². The van der Waals surface area contributed by atoms with E-state index in [1.165, 1.54) is 11.1 Å². The van der Waals surface area contributed by atoms with Crippen molar-refractivity contribution in [2.75, 3.05) is 6.54 Å². The number of rotatable bonds is 6. The molecular weight excluding hydrogens is 236 g/mol. The number of aromatic nitrogens is 3. The van der Waals surface area contributed by atoms with Crippen molar-refractivity contribution < 1.29 is 0 Å². The van der Waals surface area contributed by atoms with Crippen molar-refractivity contribution >= 4 is 0 Å². The fourth-order valence-electron chi connectivity index (χ4n) is 2.18. The number of nitrogens with zero attached hydrogens (tertiary/aromatic N) is 3. The smallest absolute Gasteiger partial charge is 0.0725 e. The van der Waals surface area contributed by atoms with Crippen LogP contribution >= 0.6 is 0 Å². The van der Waals surface area contributed by atoms with Gasteiger partial charge in [-0.1, -0.05) is 43.3 Å². The predicted octanol–water partition coefficient (Wildman–Crippen LogP) is 2.03. The fraction of sp³-hybridized carbons (Fsp3) is 0.467. The molecule has 2 rings (SSSR count). The van der Waals surface area contributed by atoms with Crippen molar-refractivity contribution in [3.8, 4) is 0 Å². The van der Waals surface area contributed by atoms with Crippen molar-refractivity contribution in [1.29, 1.82) is 0 Å². The molecule has 0 unspecified atom stereocenters. The molecule has 0 aliphatic heterocycles. The first-order valence-corrected chi connectivity index (χ1v) is 6.84. The van der Waals surface area contributed by atoms with Gasteiger partial charge in [-0.3, -0.25) is 0 Å². The Morgan fingerprint density at radius 1 is 1.16 bits per heavy atom. The van der Waals surface area contributed by atoms with E-state index in [9.17, 15) is 0 Å². The first-order valence-electron chi connectivity index (χ1n) is 6.84. The summed E-state index contributed by atoms with van der Waals surface area (Å²) in [5.74, 6) is 0.692. The Balaban J connectivity index is 2.04. The van der Waals surface area contributed by atoms with Crippen molar-refractivity contribution in [1.82, 2.24) is 15.0 Å². The summed E-state index contributed by atoms with van der Waals surface area (Å²) in [6.07, 6.45) is 3.74. The van der Waals surface area contributed by atoms with E-state index in [-0.39, 0.29) is 0 Å². The van der Waals surface area contributed by atoms with Gasteiger partial charge in [0.2, 0.25) is 0 Å². The van der Waals surface area contributed by atoms with Crippen LogP contribution < -0.4 is 5.73 Å². The molecule has 0 atom stereocenters. The predicted molar refractivity (Wildman–Crippen MR) is 76.9 cm³/mol. The van der Waals surface area contributed by atoms with Crippen LogP contribution in [0, 0.1) is 5.92 Å². The van der Waals surface area contributed by atoms with Crippen molar-refractivity contribution in [2.45, 2.75) is 33.2 Å². The first kappa shape index (κ1) is 13.7. The Bertz CT molecular complexity index is 499. The van der Waals surface area contributed by atoms with Crippen LogP contribution in [0.15, 0.2) is 30.5 Å². The van der Waals surface area contributed by atoms with Gasteiger partial charge in [-0.15, -0.1) is 5.10 Å². The molecule has 19 heavy (non-hydrogen) atoms. The zero-order chi connectivity index (χ0) is 13.7. The maximum atomic E-state index is 5.58. The van der Waals surface area contributed by atoms with Crippen LogP contribution in [0.1, 0.15) is 30.7 Å². The lowest BCUT2D eigenvalue weighted by Crippen LogP contribution is -2.11. The number of benzene rings is 1. The van der Waals surface area contributed by atoms with Crippen LogP contribution in [0.4, 0.5) is 0 Å². The van der Waals surface area contributed by atoms with Gasteiger partial charge in [0, 0.05) is 6.42 Å². The molecule has 0 saturated carbocycles. The average molecular weight is 258 g/mol. The summed E-state index contributed by atoms with van der Waals surface area (Å²) < 4.78 is 1.92. The van der Waals surface area contributed by atoms with Gasteiger partial charge in [-0.25, -0.2) is 4.68 Å². The molecule has 0 spiro atoms. The second-order valence-corrected chi connectivity index (χ2v) is 5.34. The highest BCUT2D eigenvalue weighted by Crippen LogP contribution is 2.11. The Kier molecular flexibility index (Phi) is 4.68. The van der Waals surface area contributed by atoms with Crippen molar-refractivity contribution in [2.24, 2.45) is 11.7 Å². The second kappa shape index (κ2) is 6.48. The lowest BCUT2D eigenvalue weighted by atomic mass is 10.0. The molecule has 0 saturated heterocycles. The van der Waals surface area contributed by atoms with E-state index in [0.29, 0.717) is 12.5 Å². The lowest BCUT2D eigenvalue weighted by molar-refractivity contribution is 0.616. The Labute approximate surface area is 114 Å². The molecule has 0 aliphatic carbocycles. The first-order chi connectivity index (χ1) is 9.19. The number of nitrogens with two attached hydrogens (primary N) is 1. The van der Waals surface area contributed by atoms with Gasteiger partial charge in [-0.05, 0) is 30.0 Å². The maximum absolute atomic E-state index is 5.58. The van der Waals surface area contributed by atoms with Crippen LogP contribution in [0.25, 0.3) is 0 Å². The van der Waals surface area contributed by atoms with Crippen LogP contribution in [0.3, 0.4) is 0 Å². The van der Waals surface area contributed by atoms with Crippen molar-refractivity contribution in [3.05, 3.63) is 47.3 Å². The largest absolute Gasteiger partial charge is 0.330 e. The molecule has 1 heterocycles.